The van der Waals surface area contributed by atoms with Crippen molar-refractivity contribution in [2.75, 3.05) is 13.1 Å². The minimum atomic E-state index is 0.256. The van der Waals surface area contributed by atoms with Crippen LogP contribution in [0.1, 0.15) is 37.7 Å². The van der Waals surface area contributed by atoms with Crippen molar-refractivity contribution >= 4 is 5.91 Å². The van der Waals surface area contributed by atoms with Gasteiger partial charge in [0.2, 0.25) is 5.91 Å². The van der Waals surface area contributed by atoms with Crippen molar-refractivity contribution in [3.63, 3.8) is 0 Å². The molecule has 2 rings (SSSR count). The Hall–Kier alpha value is -1.35. The van der Waals surface area contributed by atoms with Crippen molar-refractivity contribution in [2.45, 2.75) is 38.1 Å². The van der Waals surface area contributed by atoms with Crippen LogP contribution in [0.3, 0.4) is 0 Å². The van der Waals surface area contributed by atoms with Crippen LogP contribution in [0.15, 0.2) is 30.3 Å². The van der Waals surface area contributed by atoms with Crippen LogP contribution in [0, 0.1) is 0 Å². The van der Waals surface area contributed by atoms with Gasteiger partial charge < -0.3 is 10.6 Å². The van der Waals surface area contributed by atoms with E-state index in [1.807, 2.05) is 11.0 Å². The third-order valence-corrected chi connectivity index (χ3v) is 3.90. The zero-order chi connectivity index (χ0) is 13.0. The van der Waals surface area contributed by atoms with Crippen LogP contribution in [0.2, 0.25) is 0 Å². The van der Waals surface area contributed by atoms with Gasteiger partial charge in [-0.3, -0.25) is 4.79 Å². The molecule has 2 N–H and O–H groups in total. The lowest BCUT2D eigenvalue weighted by molar-refractivity contribution is -0.131. The monoisotopic (exact) mass is 246 g/mol. The summed E-state index contributed by atoms with van der Waals surface area (Å²) in [6.07, 6.45) is 2.44. The number of likely N-dealkylation sites (tertiary alicyclic amines) is 1. The first-order valence-electron chi connectivity index (χ1n) is 6.78. The number of carbonyl (C=O) groups is 1. The third kappa shape index (κ3) is 2.72. The first-order chi connectivity index (χ1) is 8.74. The number of carbonyl (C=O) groups excluding carboxylic acids is 1. The fourth-order valence-electron chi connectivity index (χ4n) is 2.83. The number of nitrogens with zero attached hydrogens (tertiary/aromatic N) is 1. The highest BCUT2D eigenvalue weighted by molar-refractivity contribution is 5.77. The summed E-state index contributed by atoms with van der Waals surface area (Å²) in [5.74, 6) is 0.736. The van der Waals surface area contributed by atoms with E-state index in [1.54, 1.807) is 0 Å². The highest BCUT2D eigenvalue weighted by atomic mass is 16.2. The Bertz CT molecular complexity index is 391. The van der Waals surface area contributed by atoms with Gasteiger partial charge in [-0.1, -0.05) is 30.3 Å². The van der Waals surface area contributed by atoms with Crippen LogP contribution in [-0.4, -0.2) is 29.9 Å². The van der Waals surface area contributed by atoms with Crippen LogP contribution in [0.5, 0.6) is 0 Å². The molecule has 98 valence electrons. The lowest BCUT2D eigenvalue weighted by atomic mass is 9.93. The van der Waals surface area contributed by atoms with E-state index < -0.39 is 0 Å². The van der Waals surface area contributed by atoms with E-state index in [4.69, 9.17) is 5.73 Å². The molecule has 1 aliphatic heterocycles. The molecule has 1 fully saturated rings. The molecule has 18 heavy (non-hydrogen) atoms. The Labute approximate surface area is 109 Å². The van der Waals surface area contributed by atoms with Gasteiger partial charge in [0, 0.05) is 24.9 Å². The van der Waals surface area contributed by atoms with Crippen LogP contribution >= 0.6 is 0 Å². The van der Waals surface area contributed by atoms with E-state index in [0.717, 1.165) is 19.4 Å². The third-order valence-electron chi connectivity index (χ3n) is 3.90. The molecule has 0 spiro atoms. The van der Waals surface area contributed by atoms with E-state index in [1.165, 1.54) is 5.56 Å². The lowest BCUT2D eigenvalue weighted by Gasteiger charge is -2.25. The van der Waals surface area contributed by atoms with Gasteiger partial charge >= 0.3 is 0 Å². The van der Waals surface area contributed by atoms with E-state index >= 15 is 0 Å². The smallest absolute Gasteiger partial charge is 0.222 e. The van der Waals surface area contributed by atoms with E-state index in [0.29, 0.717) is 24.9 Å². The van der Waals surface area contributed by atoms with Gasteiger partial charge in [0.05, 0.1) is 0 Å². The van der Waals surface area contributed by atoms with Gasteiger partial charge in [-0.15, -0.1) is 0 Å². The highest BCUT2D eigenvalue weighted by Gasteiger charge is 2.33. The number of hydrogen-bond acceptors (Lipinski definition) is 2. The van der Waals surface area contributed by atoms with E-state index in [2.05, 4.69) is 31.2 Å². The summed E-state index contributed by atoms with van der Waals surface area (Å²) in [7, 11) is 0. The fraction of sp³-hybridized carbons (Fsp3) is 0.533. The molecule has 1 aliphatic rings. The van der Waals surface area contributed by atoms with Crippen LogP contribution in [0.25, 0.3) is 0 Å². The second-order valence-corrected chi connectivity index (χ2v) is 5.03. The number of amides is 1. The Morgan fingerprint density at radius 1 is 1.39 bits per heavy atom. The summed E-state index contributed by atoms with van der Waals surface area (Å²) in [6, 6.07) is 10.8. The van der Waals surface area contributed by atoms with Crippen molar-refractivity contribution in [1.29, 1.82) is 0 Å². The molecule has 3 heteroatoms. The second-order valence-electron chi connectivity index (χ2n) is 5.03. The van der Waals surface area contributed by atoms with Gasteiger partial charge in [0.25, 0.3) is 0 Å². The number of rotatable bonds is 4. The molecular formula is C15H22N2O. The van der Waals surface area contributed by atoms with Gasteiger partial charge in [-0.25, -0.2) is 0 Å². The minimum absolute atomic E-state index is 0.256. The molecule has 2 unspecified atom stereocenters. The van der Waals surface area contributed by atoms with Crippen molar-refractivity contribution in [2.24, 2.45) is 5.73 Å². The van der Waals surface area contributed by atoms with Gasteiger partial charge in [0.1, 0.15) is 0 Å². The first-order valence-corrected chi connectivity index (χ1v) is 6.78. The van der Waals surface area contributed by atoms with Crippen molar-refractivity contribution in [3.05, 3.63) is 35.9 Å². The molecule has 1 amide bonds. The minimum Gasteiger partial charge on any atom is -0.339 e. The molecule has 1 saturated heterocycles. The molecule has 3 nitrogen and oxygen atoms in total. The molecule has 1 aromatic carbocycles. The lowest BCUT2D eigenvalue weighted by Crippen LogP contribution is -2.35. The van der Waals surface area contributed by atoms with Gasteiger partial charge in [0.15, 0.2) is 0 Å². The second kappa shape index (κ2) is 6.01. The zero-order valence-corrected chi connectivity index (χ0v) is 11.0. The molecule has 2 atom stereocenters. The Balaban J connectivity index is 2.01. The van der Waals surface area contributed by atoms with E-state index in [9.17, 15) is 4.79 Å². The molecule has 0 aromatic heterocycles. The SMILES string of the molecule is CC1C(c2ccccc2)CCN1C(=O)CCCN. The average molecular weight is 246 g/mol. The Kier molecular flexibility index (Phi) is 4.37. The summed E-state index contributed by atoms with van der Waals surface area (Å²) >= 11 is 0. The molecular weight excluding hydrogens is 224 g/mol. The molecule has 1 heterocycles. The van der Waals surface area contributed by atoms with Crippen molar-refractivity contribution < 1.29 is 4.79 Å². The van der Waals surface area contributed by atoms with E-state index in [-0.39, 0.29) is 5.91 Å². The van der Waals surface area contributed by atoms with Crippen LogP contribution in [-0.2, 0) is 4.79 Å². The van der Waals surface area contributed by atoms with Crippen molar-refractivity contribution in [3.8, 4) is 0 Å². The number of hydrogen-bond donors (Lipinski definition) is 1. The van der Waals surface area contributed by atoms with Crippen LogP contribution < -0.4 is 5.73 Å². The number of nitrogens with two attached hydrogens (primary N) is 1. The molecule has 0 aliphatic carbocycles. The molecule has 0 bridgehead atoms. The predicted molar refractivity (Wildman–Crippen MR) is 73.3 cm³/mol. The maximum absolute atomic E-state index is 12.1. The summed E-state index contributed by atoms with van der Waals surface area (Å²) < 4.78 is 0. The zero-order valence-electron chi connectivity index (χ0n) is 11.0. The maximum Gasteiger partial charge on any atom is 0.222 e. The van der Waals surface area contributed by atoms with Crippen LogP contribution in [0.4, 0.5) is 0 Å². The Morgan fingerprint density at radius 2 is 2.11 bits per heavy atom. The van der Waals surface area contributed by atoms with Gasteiger partial charge in [-0.05, 0) is 31.9 Å². The summed E-state index contributed by atoms with van der Waals surface area (Å²) in [5, 5.41) is 0. The molecule has 0 radical (unpaired) electrons. The summed E-state index contributed by atoms with van der Waals surface area (Å²) in [4.78, 5) is 14.1. The van der Waals surface area contributed by atoms with Gasteiger partial charge in [-0.2, -0.15) is 0 Å². The first kappa shape index (κ1) is 13.1. The fourth-order valence-corrected chi connectivity index (χ4v) is 2.83. The summed E-state index contributed by atoms with van der Waals surface area (Å²) in [6.45, 7) is 3.63. The quantitative estimate of drug-likeness (QED) is 0.884. The topological polar surface area (TPSA) is 46.3 Å². The van der Waals surface area contributed by atoms with Crippen molar-refractivity contribution in [1.82, 2.24) is 4.90 Å². The predicted octanol–water partition coefficient (Wildman–Crippen LogP) is 2.13. The average Bonchev–Trinajstić information content (AvgIpc) is 2.79. The number of benzene rings is 1. The maximum atomic E-state index is 12.1. The normalized spacial score (nSPS) is 23.3. The highest BCUT2D eigenvalue weighted by Crippen LogP contribution is 2.33. The standard InChI is InChI=1S/C15H22N2O/c1-12-14(13-6-3-2-4-7-13)9-11-17(12)15(18)8-5-10-16/h2-4,6-7,12,14H,5,8-11,16H2,1H3. The summed E-state index contributed by atoms with van der Waals surface area (Å²) in [5.41, 5.74) is 6.80. The molecule has 1 aromatic rings. The Morgan fingerprint density at radius 3 is 2.78 bits per heavy atom. The molecule has 0 saturated carbocycles. The largest absolute Gasteiger partial charge is 0.339 e.